The molecule has 0 bridgehead atoms. The van der Waals surface area contributed by atoms with Crippen molar-refractivity contribution in [3.63, 3.8) is 0 Å². The van der Waals surface area contributed by atoms with Crippen LogP contribution in [0.25, 0.3) is 0 Å². The van der Waals surface area contributed by atoms with E-state index in [1.54, 1.807) is 0 Å². The second kappa shape index (κ2) is 4.29. The van der Waals surface area contributed by atoms with Crippen LogP contribution in [0.5, 0.6) is 0 Å². The van der Waals surface area contributed by atoms with Crippen molar-refractivity contribution < 1.29 is 14.2 Å². The summed E-state index contributed by atoms with van der Waals surface area (Å²) >= 11 is 0. The molecule has 0 aliphatic carbocycles. The molecule has 10 heavy (non-hydrogen) atoms. The van der Waals surface area contributed by atoms with Gasteiger partial charge < -0.3 is 14.2 Å². The zero-order valence-corrected chi connectivity index (χ0v) is 5.71. The van der Waals surface area contributed by atoms with E-state index in [2.05, 4.69) is 5.92 Å². The van der Waals surface area contributed by atoms with Crippen molar-refractivity contribution in [2.45, 2.75) is 6.29 Å². The van der Waals surface area contributed by atoms with Crippen molar-refractivity contribution in [1.29, 1.82) is 0 Å². The summed E-state index contributed by atoms with van der Waals surface area (Å²) in [7, 11) is 0. The molecule has 1 aliphatic rings. The SMILES string of the molecule is C#CCOC1COCCO1. The Bertz CT molecular complexity index is 121. The Morgan fingerprint density at radius 2 is 2.50 bits per heavy atom. The topological polar surface area (TPSA) is 27.7 Å². The molecule has 0 aromatic carbocycles. The van der Waals surface area contributed by atoms with Gasteiger partial charge in [0.2, 0.25) is 0 Å². The first kappa shape index (κ1) is 7.55. The fraction of sp³-hybridized carbons (Fsp3) is 0.714. The molecule has 0 saturated carbocycles. The summed E-state index contributed by atoms with van der Waals surface area (Å²) in [6.45, 7) is 2.01. The summed E-state index contributed by atoms with van der Waals surface area (Å²) in [5.41, 5.74) is 0. The third kappa shape index (κ3) is 2.36. The number of ether oxygens (including phenoxy) is 3. The molecule has 1 heterocycles. The molecule has 1 aliphatic heterocycles. The van der Waals surface area contributed by atoms with Crippen molar-refractivity contribution in [2.75, 3.05) is 26.4 Å². The molecule has 0 amide bonds. The molecule has 0 N–H and O–H groups in total. The van der Waals surface area contributed by atoms with Crippen LogP contribution in [0.3, 0.4) is 0 Å². The van der Waals surface area contributed by atoms with Crippen LogP contribution in [0.15, 0.2) is 0 Å². The van der Waals surface area contributed by atoms with Crippen molar-refractivity contribution in [2.24, 2.45) is 0 Å². The highest BCUT2D eigenvalue weighted by molar-refractivity contribution is 4.83. The van der Waals surface area contributed by atoms with E-state index in [1.165, 1.54) is 0 Å². The van der Waals surface area contributed by atoms with Crippen LogP contribution in [-0.4, -0.2) is 32.7 Å². The van der Waals surface area contributed by atoms with E-state index in [9.17, 15) is 0 Å². The van der Waals surface area contributed by atoms with Crippen molar-refractivity contribution >= 4 is 0 Å². The number of rotatable bonds is 2. The Morgan fingerprint density at radius 1 is 1.60 bits per heavy atom. The highest BCUT2D eigenvalue weighted by Crippen LogP contribution is 2.00. The first-order valence-corrected chi connectivity index (χ1v) is 3.18. The maximum absolute atomic E-state index is 5.14. The second-order valence-corrected chi connectivity index (χ2v) is 1.89. The predicted molar refractivity (Wildman–Crippen MR) is 35.3 cm³/mol. The van der Waals surface area contributed by atoms with Crippen LogP contribution in [0.1, 0.15) is 0 Å². The van der Waals surface area contributed by atoms with Crippen LogP contribution in [0, 0.1) is 12.3 Å². The normalized spacial score (nSPS) is 25.7. The molecule has 1 fully saturated rings. The van der Waals surface area contributed by atoms with E-state index in [0.717, 1.165) is 0 Å². The summed E-state index contributed by atoms with van der Waals surface area (Å²) in [6.07, 6.45) is 4.71. The molecular formula is C7H10O3. The maximum atomic E-state index is 5.14. The average Bonchev–Trinajstić information content (AvgIpc) is 2.03. The Balaban J connectivity index is 2.09. The Kier molecular flexibility index (Phi) is 3.23. The molecule has 3 heteroatoms. The van der Waals surface area contributed by atoms with E-state index < -0.39 is 0 Å². The number of terminal acetylenes is 1. The molecule has 1 atom stereocenters. The predicted octanol–water partition coefficient (Wildman–Crippen LogP) is 0.00910. The van der Waals surface area contributed by atoms with Gasteiger partial charge in [0.1, 0.15) is 6.61 Å². The third-order valence-corrected chi connectivity index (χ3v) is 1.14. The molecule has 0 radical (unpaired) electrons. The van der Waals surface area contributed by atoms with E-state index >= 15 is 0 Å². The van der Waals surface area contributed by atoms with Gasteiger partial charge in [-0.15, -0.1) is 6.42 Å². The number of hydrogen-bond acceptors (Lipinski definition) is 3. The maximum Gasteiger partial charge on any atom is 0.182 e. The van der Waals surface area contributed by atoms with Crippen molar-refractivity contribution in [1.82, 2.24) is 0 Å². The highest BCUT2D eigenvalue weighted by atomic mass is 16.7. The molecule has 56 valence electrons. The summed E-state index contributed by atoms with van der Waals surface area (Å²) in [4.78, 5) is 0. The lowest BCUT2D eigenvalue weighted by atomic mass is 10.6. The van der Waals surface area contributed by atoms with Gasteiger partial charge >= 0.3 is 0 Å². The van der Waals surface area contributed by atoms with Gasteiger partial charge in [0.25, 0.3) is 0 Å². The van der Waals surface area contributed by atoms with Gasteiger partial charge in [-0.1, -0.05) is 5.92 Å². The standard InChI is InChI=1S/C7H10O3/c1-2-3-9-7-6-8-4-5-10-7/h1,7H,3-6H2. The van der Waals surface area contributed by atoms with Crippen LogP contribution in [-0.2, 0) is 14.2 Å². The van der Waals surface area contributed by atoms with Crippen LogP contribution >= 0.6 is 0 Å². The van der Waals surface area contributed by atoms with Gasteiger partial charge in [0.05, 0.1) is 19.8 Å². The summed E-state index contributed by atoms with van der Waals surface area (Å²) in [5, 5.41) is 0. The Morgan fingerprint density at radius 3 is 3.10 bits per heavy atom. The Hall–Kier alpha value is -0.560. The minimum absolute atomic E-state index is 0.259. The van der Waals surface area contributed by atoms with Gasteiger partial charge in [0.15, 0.2) is 6.29 Å². The molecule has 1 rings (SSSR count). The minimum Gasteiger partial charge on any atom is -0.374 e. The smallest absolute Gasteiger partial charge is 0.182 e. The molecular weight excluding hydrogens is 132 g/mol. The Labute approximate surface area is 60.3 Å². The number of hydrogen-bond donors (Lipinski definition) is 0. The molecule has 0 aromatic rings. The second-order valence-electron chi connectivity index (χ2n) is 1.89. The van der Waals surface area contributed by atoms with E-state index in [0.29, 0.717) is 19.8 Å². The van der Waals surface area contributed by atoms with Crippen LogP contribution < -0.4 is 0 Å². The molecule has 1 saturated heterocycles. The summed E-state index contributed by atoms with van der Waals surface area (Å²) < 4.78 is 15.2. The summed E-state index contributed by atoms with van der Waals surface area (Å²) in [5.74, 6) is 2.36. The van der Waals surface area contributed by atoms with E-state index in [4.69, 9.17) is 20.6 Å². The van der Waals surface area contributed by atoms with E-state index in [1.807, 2.05) is 0 Å². The largest absolute Gasteiger partial charge is 0.374 e. The van der Waals surface area contributed by atoms with Gasteiger partial charge in [-0.3, -0.25) is 0 Å². The van der Waals surface area contributed by atoms with E-state index in [-0.39, 0.29) is 12.9 Å². The molecule has 0 aromatic heterocycles. The quantitative estimate of drug-likeness (QED) is 0.508. The van der Waals surface area contributed by atoms with Gasteiger partial charge in [0, 0.05) is 0 Å². The van der Waals surface area contributed by atoms with Crippen molar-refractivity contribution in [3.8, 4) is 12.3 Å². The third-order valence-electron chi connectivity index (χ3n) is 1.14. The van der Waals surface area contributed by atoms with Crippen molar-refractivity contribution in [3.05, 3.63) is 0 Å². The lowest BCUT2D eigenvalue weighted by molar-refractivity contribution is -0.205. The fourth-order valence-corrected chi connectivity index (χ4v) is 0.703. The first-order valence-electron chi connectivity index (χ1n) is 3.18. The highest BCUT2D eigenvalue weighted by Gasteiger charge is 2.12. The van der Waals surface area contributed by atoms with Crippen LogP contribution in [0.2, 0.25) is 0 Å². The average molecular weight is 142 g/mol. The zero-order valence-electron chi connectivity index (χ0n) is 5.71. The lowest BCUT2D eigenvalue weighted by Gasteiger charge is -2.21. The molecule has 1 unspecified atom stereocenters. The van der Waals surface area contributed by atoms with Gasteiger partial charge in [-0.25, -0.2) is 0 Å². The monoisotopic (exact) mass is 142 g/mol. The fourth-order valence-electron chi connectivity index (χ4n) is 0.703. The zero-order chi connectivity index (χ0) is 7.23. The molecule has 3 nitrogen and oxygen atoms in total. The summed E-state index contributed by atoms with van der Waals surface area (Å²) in [6, 6.07) is 0. The van der Waals surface area contributed by atoms with Crippen LogP contribution in [0.4, 0.5) is 0 Å². The minimum atomic E-state index is -0.259. The van der Waals surface area contributed by atoms with Gasteiger partial charge in [-0.2, -0.15) is 0 Å². The van der Waals surface area contributed by atoms with Gasteiger partial charge in [-0.05, 0) is 0 Å². The molecule has 0 spiro atoms. The first-order chi connectivity index (χ1) is 4.93. The lowest BCUT2D eigenvalue weighted by Crippen LogP contribution is -2.30.